The molecule has 0 aliphatic carbocycles. The van der Waals surface area contributed by atoms with E-state index in [4.69, 9.17) is 30.5 Å². The van der Waals surface area contributed by atoms with Gasteiger partial charge in [-0.25, -0.2) is 0 Å². The summed E-state index contributed by atoms with van der Waals surface area (Å²) in [7, 11) is 0. The van der Waals surface area contributed by atoms with E-state index in [1.807, 2.05) is 77.7 Å². The molecule has 0 radical (unpaired) electrons. The van der Waals surface area contributed by atoms with Crippen molar-refractivity contribution in [1.82, 2.24) is 0 Å². The fraction of sp³-hybridized carbons (Fsp3) is 0.179. The lowest BCUT2D eigenvalue weighted by atomic mass is 9.77. The van der Waals surface area contributed by atoms with E-state index in [1.165, 1.54) is 0 Å². The molecule has 0 aromatic heterocycles. The van der Waals surface area contributed by atoms with Crippen LogP contribution in [0.2, 0.25) is 5.02 Å². The van der Waals surface area contributed by atoms with E-state index < -0.39 is 5.41 Å². The molecule has 174 valence electrons. The van der Waals surface area contributed by atoms with Crippen LogP contribution in [0.5, 0.6) is 17.2 Å². The van der Waals surface area contributed by atoms with E-state index in [-0.39, 0.29) is 19.3 Å². The molecule has 7 rings (SSSR count). The maximum atomic E-state index is 14.1. The van der Waals surface area contributed by atoms with E-state index in [9.17, 15) is 4.79 Å². The van der Waals surface area contributed by atoms with Crippen molar-refractivity contribution in [3.05, 3.63) is 100 Å². The highest BCUT2D eigenvalue weighted by Gasteiger charge is 2.57. The van der Waals surface area contributed by atoms with Gasteiger partial charge in [0.25, 0.3) is 0 Å². The van der Waals surface area contributed by atoms with Gasteiger partial charge in [0.05, 0.1) is 11.6 Å². The monoisotopic (exact) mass is 485 g/mol. The van der Waals surface area contributed by atoms with Gasteiger partial charge in [-0.1, -0.05) is 48.0 Å². The number of para-hydroxylation sites is 1. The molecule has 1 atom stereocenters. The quantitative estimate of drug-likeness (QED) is 0.517. The molecule has 3 aromatic carbocycles. The standard InChI is InChI=1S/C28H20ClNO5/c29-21-7-3-1-5-18(21)23-10-9-17(14-32-23)13-30-22-8-4-2-6-19(22)28(27(30)31)15-33-24-12-26-25(11-20(24)28)34-16-35-26/h1-12H,13-16H2. The Morgan fingerprint density at radius 1 is 0.857 bits per heavy atom. The Kier molecular flexibility index (Phi) is 4.42. The number of anilines is 1. The Morgan fingerprint density at radius 2 is 1.66 bits per heavy atom. The number of carbonyl (C=O) groups excluding carboxylic acids is 1. The minimum atomic E-state index is -0.915. The molecule has 1 amide bonds. The number of hydrogen-bond acceptors (Lipinski definition) is 5. The van der Waals surface area contributed by atoms with E-state index in [0.717, 1.165) is 33.7 Å². The van der Waals surface area contributed by atoms with Crippen LogP contribution in [-0.4, -0.2) is 32.5 Å². The molecule has 4 aliphatic rings. The molecule has 0 fully saturated rings. The number of amides is 1. The van der Waals surface area contributed by atoms with Crippen molar-refractivity contribution in [2.24, 2.45) is 0 Å². The average molecular weight is 486 g/mol. The lowest BCUT2D eigenvalue weighted by molar-refractivity contribution is -0.122. The third-order valence-electron chi connectivity index (χ3n) is 7.03. The molecule has 3 aromatic rings. The molecule has 6 nitrogen and oxygen atoms in total. The highest BCUT2D eigenvalue weighted by atomic mass is 35.5. The number of rotatable bonds is 3. The van der Waals surface area contributed by atoms with Gasteiger partial charge >= 0.3 is 0 Å². The van der Waals surface area contributed by atoms with Crippen LogP contribution >= 0.6 is 11.6 Å². The van der Waals surface area contributed by atoms with Crippen LogP contribution in [-0.2, 0) is 14.9 Å². The first kappa shape index (κ1) is 20.5. The number of carbonyl (C=O) groups is 1. The zero-order valence-corrected chi connectivity index (χ0v) is 19.4. The second-order valence-electron chi connectivity index (χ2n) is 8.93. The summed E-state index contributed by atoms with van der Waals surface area (Å²) >= 11 is 6.33. The number of hydrogen-bond donors (Lipinski definition) is 0. The number of benzene rings is 3. The molecule has 0 saturated carbocycles. The summed E-state index contributed by atoms with van der Waals surface area (Å²) in [5.41, 5.74) is 3.56. The first-order valence-electron chi connectivity index (χ1n) is 11.4. The topological polar surface area (TPSA) is 57.2 Å². The van der Waals surface area contributed by atoms with Crippen molar-refractivity contribution in [2.45, 2.75) is 5.41 Å². The van der Waals surface area contributed by atoms with Crippen molar-refractivity contribution in [3.63, 3.8) is 0 Å². The first-order valence-corrected chi connectivity index (χ1v) is 11.8. The molecule has 0 saturated heterocycles. The molecular weight excluding hydrogens is 466 g/mol. The lowest BCUT2D eigenvalue weighted by Gasteiger charge is -2.25. The van der Waals surface area contributed by atoms with E-state index >= 15 is 0 Å². The highest BCUT2D eigenvalue weighted by Crippen LogP contribution is 2.55. The predicted molar refractivity (Wildman–Crippen MR) is 131 cm³/mol. The molecule has 35 heavy (non-hydrogen) atoms. The minimum absolute atomic E-state index is 0.0157. The maximum Gasteiger partial charge on any atom is 0.246 e. The van der Waals surface area contributed by atoms with Crippen LogP contribution in [0.25, 0.3) is 5.76 Å². The van der Waals surface area contributed by atoms with E-state index in [0.29, 0.717) is 35.4 Å². The van der Waals surface area contributed by atoms with Gasteiger partial charge in [0, 0.05) is 22.9 Å². The van der Waals surface area contributed by atoms with Crippen molar-refractivity contribution in [1.29, 1.82) is 0 Å². The zero-order valence-electron chi connectivity index (χ0n) is 18.6. The van der Waals surface area contributed by atoms with Crippen LogP contribution in [0.4, 0.5) is 5.69 Å². The van der Waals surface area contributed by atoms with Crippen molar-refractivity contribution < 1.29 is 23.7 Å². The summed E-state index contributed by atoms with van der Waals surface area (Å²) < 4.78 is 23.2. The predicted octanol–water partition coefficient (Wildman–Crippen LogP) is 5.09. The molecule has 4 heterocycles. The number of ether oxygens (including phenoxy) is 4. The summed E-state index contributed by atoms with van der Waals surface area (Å²) in [6.07, 6.45) is 3.93. The fourth-order valence-electron chi connectivity index (χ4n) is 5.31. The van der Waals surface area contributed by atoms with Crippen LogP contribution < -0.4 is 19.1 Å². The second-order valence-corrected chi connectivity index (χ2v) is 9.34. The summed E-state index contributed by atoms with van der Waals surface area (Å²) in [5, 5.41) is 0.641. The highest BCUT2D eigenvalue weighted by molar-refractivity contribution is 6.32. The fourth-order valence-corrected chi connectivity index (χ4v) is 5.54. The molecule has 1 spiro atoms. The third-order valence-corrected chi connectivity index (χ3v) is 7.36. The second kappa shape index (κ2) is 7.55. The van der Waals surface area contributed by atoms with Crippen molar-refractivity contribution >= 4 is 29.0 Å². The largest absolute Gasteiger partial charge is 0.491 e. The number of allylic oxidation sites excluding steroid dienone is 2. The van der Waals surface area contributed by atoms with Crippen LogP contribution in [0.15, 0.2) is 78.4 Å². The zero-order chi connectivity index (χ0) is 23.6. The van der Waals surface area contributed by atoms with Gasteiger partial charge in [-0.2, -0.15) is 0 Å². The van der Waals surface area contributed by atoms with Crippen molar-refractivity contribution in [3.8, 4) is 17.2 Å². The number of nitrogens with zero attached hydrogens (tertiary/aromatic N) is 1. The maximum absolute atomic E-state index is 14.1. The molecule has 0 N–H and O–H groups in total. The Morgan fingerprint density at radius 3 is 2.49 bits per heavy atom. The SMILES string of the molecule is O=C1N(CC2=CC=C(c3ccccc3Cl)OC2)c2ccccc2C12COc1cc3c(cc12)OCO3. The summed E-state index contributed by atoms with van der Waals surface area (Å²) in [6.45, 7) is 1.20. The Balaban J connectivity index is 1.25. The molecular formula is C28H20ClNO5. The van der Waals surface area contributed by atoms with Gasteiger partial charge in [-0.15, -0.1) is 0 Å². The van der Waals surface area contributed by atoms with Crippen molar-refractivity contribution in [2.75, 3.05) is 31.5 Å². The first-order chi connectivity index (χ1) is 17.1. The Labute approximate surface area is 206 Å². The normalized spacial score (nSPS) is 21.3. The number of halogens is 1. The summed E-state index contributed by atoms with van der Waals surface area (Å²) in [4.78, 5) is 16.0. The number of fused-ring (bicyclic) bond motifs is 5. The summed E-state index contributed by atoms with van der Waals surface area (Å²) in [5.74, 6) is 2.64. The van der Waals surface area contributed by atoms with Crippen LogP contribution in [0, 0.1) is 0 Å². The smallest absolute Gasteiger partial charge is 0.246 e. The van der Waals surface area contributed by atoms with E-state index in [2.05, 4.69) is 0 Å². The van der Waals surface area contributed by atoms with Crippen LogP contribution in [0.3, 0.4) is 0 Å². The van der Waals surface area contributed by atoms with Gasteiger partial charge in [0.15, 0.2) is 11.5 Å². The molecule has 7 heteroatoms. The van der Waals surface area contributed by atoms with Gasteiger partial charge in [-0.3, -0.25) is 4.79 Å². The third kappa shape index (κ3) is 2.93. The average Bonchev–Trinajstić information content (AvgIpc) is 3.56. The van der Waals surface area contributed by atoms with Gasteiger partial charge < -0.3 is 23.8 Å². The Bertz CT molecular complexity index is 1460. The summed E-state index contributed by atoms with van der Waals surface area (Å²) in [6, 6.07) is 19.2. The van der Waals surface area contributed by atoms with E-state index in [1.54, 1.807) is 0 Å². The van der Waals surface area contributed by atoms with Gasteiger partial charge in [0.1, 0.15) is 30.1 Å². The Hall–Kier alpha value is -3.90. The van der Waals surface area contributed by atoms with Crippen LogP contribution in [0.1, 0.15) is 16.7 Å². The molecule has 4 aliphatic heterocycles. The molecule has 1 unspecified atom stereocenters. The lowest BCUT2D eigenvalue weighted by Crippen LogP contribution is -2.43. The van der Waals surface area contributed by atoms with Gasteiger partial charge in [0.2, 0.25) is 12.7 Å². The van der Waals surface area contributed by atoms with Gasteiger partial charge in [-0.05, 0) is 41.5 Å². The molecule has 0 bridgehead atoms. The minimum Gasteiger partial charge on any atom is -0.491 e.